The summed E-state index contributed by atoms with van der Waals surface area (Å²) < 4.78 is 65.7. The van der Waals surface area contributed by atoms with Gasteiger partial charge in [-0.3, -0.25) is 4.40 Å². The number of aromatic nitrogens is 5. The second-order valence-electron chi connectivity index (χ2n) is 7.63. The number of H-pyrrole nitrogens is 1. The first-order valence-electron chi connectivity index (χ1n) is 9.37. The summed E-state index contributed by atoms with van der Waals surface area (Å²) in [5.74, 6) is 0.296. The van der Waals surface area contributed by atoms with E-state index in [1.54, 1.807) is 12.4 Å². The molecule has 4 rings (SSSR count). The van der Waals surface area contributed by atoms with Crippen molar-refractivity contribution < 1.29 is 21.6 Å². The van der Waals surface area contributed by atoms with E-state index in [-0.39, 0.29) is 17.9 Å². The maximum atomic E-state index is 12.3. The van der Waals surface area contributed by atoms with Gasteiger partial charge in [0.2, 0.25) is 10.0 Å². The number of aromatic amines is 1. The van der Waals surface area contributed by atoms with Crippen molar-refractivity contribution in [3.8, 4) is 0 Å². The Hall–Kier alpha value is -2.21. The quantitative estimate of drug-likeness (QED) is 0.626. The van der Waals surface area contributed by atoms with E-state index in [0.29, 0.717) is 24.1 Å². The molecular formula is C17H21F3N6O2S. The van der Waals surface area contributed by atoms with E-state index >= 15 is 0 Å². The monoisotopic (exact) mass is 430 g/mol. The van der Waals surface area contributed by atoms with Gasteiger partial charge in [0, 0.05) is 24.6 Å². The number of hydrogen-bond donors (Lipinski definition) is 2. The molecule has 158 valence electrons. The highest BCUT2D eigenvalue weighted by Crippen LogP contribution is 2.39. The molecule has 1 aliphatic carbocycles. The Balaban J connectivity index is 1.49. The van der Waals surface area contributed by atoms with Gasteiger partial charge in [0.15, 0.2) is 11.3 Å². The van der Waals surface area contributed by atoms with Crippen molar-refractivity contribution >= 4 is 26.8 Å². The fourth-order valence-electron chi connectivity index (χ4n) is 4.12. The first-order valence-corrected chi connectivity index (χ1v) is 11.0. The lowest BCUT2D eigenvalue weighted by Crippen LogP contribution is -2.35. The molecule has 8 nitrogen and oxygen atoms in total. The first kappa shape index (κ1) is 20.1. The van der Waals surface area contributed by atoms with Crippen LogP contribution >= 0.6 is 0 Å². The molecule has 2 N–H and O–H groups in total. The molecule has 0 amide bonds. The predicted molar refractivity (Wildman–Crippen MR) is 99.8 cm³/mol. The van der Waals surface area contributed by atoms with E-state index in [1.807, 2.05) is 17.4 Å². The Labute approximate surface area is 165 Å². The Morgan fingerprint density at radius 1 is 1.31 bits per heavy atom. The second-order valence-corrected chi connectivity index (χ2v) is 9.50. The minimum absolute atomic E-state index is 0.0339. The molecule has 1 aliphatic rings. The van der Waals surface area contributed by atoms with Gasteiger partial charge in [-0.25, -0.2) is 18.1 Å². The average molecular weight is 430 g/mol. The normalized spacial score (nSPS) is 23.4. The van der Waals surface area contributed by atoms with Crippen molar-refractivity contribution in [1.29, 1.82) is 0 Å². The van der Waals surface area contributed by atoms with Crippen LogP contribution in [0.3, 0.4) is 0 Å². The van der Waals surface area contributed by atoms with Gasteiger partial charge in [-0.05, 0) is 31.2 Å². The van der Waals surface area contributed by atoms with E-state index in [4.69, 9.17) is 0 Å². The van der Waals surface area contributed by atoms with Crippen LogP contribution in [0.15, 0.2) is 18.5 Å². The fourth-order valence-corrected chi connectivity index (χ4v) is 5.46. The van der Waals surface area contributed by atoms with Crippen molar-refractivity contribution in [2.75, 3.05) is 5.75 Å². The zero-order chi connectivity index (χ0) is 20.8. The molecule has 1 saturated carbocycles. The molecule has 1 fully saturated rings. The molecule has 3 aromatic heterocycles. The van der Waals surface area contributed by atoms with Crippen LogP contribution in [0.5, 0.6) is 0 Å². The molecule has 0 aromatic carbocycles. The van der Waals surface area contributed by atoms with Gasteiger partial charge < -0.3 is 4.98 Å². The number of rotatable bonds is 6. The summed E-state index contributed by atoms with van der Waals surface area (Å²) in [5.41, 5.74) is 2.15. The summed E-state index contributed by atoms with van der Waals surface area (Å²) in [7, 11) is -3.78. The second kappa shape index (κ2) is 7.24. The van der Waals surface area contributed by atoms with E-state index in [2.05, 4.69) is 24.9 Å². The maximum absolute atomic E-state index is 12.3. The van der Waals surface area contributed by atoms with Crippen molar-refractivity contribution in [1.82, 2.24) is 29.3 Å². The Kier molecular flexibility index (Phi) is 5.01. The van der Waals surface area contributed by atoms with Crippen LogP contribution in [0, 0.1) is 5.92 Å². The highest BCUT2D eigenvalue weighted by atomic mass is 32.2. The Bertz CT molecular complexity index is 1120. The Morgan fingerprint density at radius 3 is 2.86 bits per heavy atom. The summed E-state index contributed by atoms with van der Waals surface area (Å²) in [6, 6.07) is 1.53. The minimum atomic E-state index is -4.35. The van der Waals surface area contributed by atoms with Gasteiger partial charge in [0.25, 0.3) is 0 Å². The third kappa shape index (κ3) is 4.22. The lowest BCUT2D eigenvalue weighted by Gasteiger charge is -2.14. The van der Waals surface area contributed by atoms with Crippen molar-refractivity contribution in [2.24, 2.45) is 5.92 Å². The van der Waals surface area contributed by atoms with Gasteiger partial charge >= 0.3 is 6.18 Å². The fraction of sp³-hybridized carbons (Fsp3) is 0.588. The van der Waals surface area contributed by atoms with Crippen LogP contribution < -0.4 is 4.72 Å². The van der Waals surface area contributed by atoms with Gasteiger partial charge in [-0.2, -0.15) is 13.2 Å². The van der Waals surface area contributed by atoms with Crippen LogP contribution in [0.25, 0.3) is 16.8 Å². The summed E-state index contributed by atoms with van der Waals surface area (Å²) in [5, 5.41) is 8.50. The largest absolute Gasteiger partial charge is 0.389 e. The lowest BCUT2D eigenvalue weighted by molar-refractivity contribution is -0.134. The van der Waals surface area contributed by atoms with Crippen LogP contribution in [0.4, 0.5) is 13.2 Å². The molecule has 3 aromatic rings. The molecule has 3 heterocycles. The third-order valence-electron chi connectivity index (χ3n) is 5.40. The highest BCUT2D eigenvalue weighted by molar-refractivity contribution is 7.89. The molecule has 0 radical (unpaired) electrons. The number of nitrogens with zero attached hydrogens (tertiary/aromatic N) is 4. The van der Waals surface area contributed by atoms with E-state index in [1.165, 1.54) is 0 Å². The van der Waals surface area contributed by atoms with Gasteiger partial charge in [-0.15, -0.1) is 10.2 Å². The molecule has 0 saturated heterocycles. The van der Waals surface area contributed by atoms with E-state index in [0.717, 1.165) is 11.3 Å². The third-order valence-corrected chi connectivity index (χ3v) is 6.92. The average Bonchev–Trinajstić information content (AvgIpc) is 3.29. The van der Waals surface area contributed by atoms with E-state index < -0.39 is 34.8 Å². The zero-order valence-corrected chi connectivity index (χ0v) is 16.5. The molecule has 3 atom stereocenters. The standard InChI is InChI=1S/C17H21F3N6O2S/c1-10-7-11(25-29(27,28)6-2-4-17(18,19)20)8-12(10)16-24-23-14-9-22-15-13(26(14)16)3-5-21-15/h3,5,9-12,21,25H,2,4,6-8H2,1H3. The van der Waals surface area contributed by atoms with Gasteiger partial charge in [0.05, 0.1) is 17.5 Å². The summed E-state index contributed by atoms with van der Waals surface area (Å²) in [4.78, 5) is 7.33. The summed E-state index contributed by atoms with van der Waals surface area (Å²) in [6.07, 6.45) is -1.42. The first-order chi connectivity index (χ1) is 13.6. The molecule has 12 heteroatoms. The molecular weight excluding hydrogens is 409 g/mol. The number of nitrogens with one attached hydrogen (secondary N) is 2. The van der Waals surface area contributed by atoms with E-state index in [9.17, 15) is 21.6 Å². The minimum Gasteiger partial charge on any atom is -0.345 e. The zero-order valence-electron chi connectivity index (χ0n) is 15.6. The topological polar surface area (TPSA) is 105 Å². The lowest BCUT2D eigenvalue weighted by atomic mass is 9.97. The predicted octanol–water partition coefficient (Wildman–Crippen LogP) is 2.75. The van der Waals surface area contributed by atoms with Crippen LogP contribution in [-0.2, 0) is 10.0 Å². The number of sulfonamides is 1. The van der Waals surface area contributed by atoms with Crippen molar-refractivity contribution in [3.05, 3.63) is 24.3 Å². The molecule has 3 unspecified atom stereocenters. The van der Waals surface area contributed by atoms with Crippen LogP contribution in [0.2, 0.25) is 0 Å². The molecule has 0 bridgehead atoms. The van der Waals surface area contributed by atoms with Crippen molar-refractivity contribution in [2.45, 2.75) is 50.7 Å². The number of halogens is 3. The van der Waals surface area contributed by atoms with Gasteiger partial charge in [0.1, 0.15) is 5.82 Å². The number of hydrogen-bond acceptors (Lipinski definition) is 5. The smallest absolute Gasteiger partial charge is 0.345 e. The van der Waals surface area contributed by atoms with Crippen LogP contribution in [0.1, 0.15) is 44.3 Å². The van der Waals surface area contributed by atoms with Crippen LogP contribution in [-0.4, -0.2) is 51.0 Å². The SMILES string of the molecule is CC1CC(NS(=O)(=O)CCCC(F)(F)F)CC1c1nnc2cnc3[nH]ccc3n12. The highest BCUT2D eigenvalue weighted by Gasteiger charge is 2.37. The Morgan fingerprint density at radius 2 is 2.10 bits per heavy atom. The van der Waals surface area contributed by atoms with Crippen molar-refractivity contribution in [3.63, 3.8) is 0 Å². The van der Waals surface area contributed by atoms with Gasteiger partial charge in [-0.1, -0.05) is 6.92 Å². The summed E-state index contributed by atoms with van der Waals surface area (Å²) >= 11 is 0. The molecule has 0 aliphatic heterocycles. The summed E-state index contributed by atoms with van der Waals surface area (Å²) in [6.45, 7) is 2.01. The molecule has 29 heavy (non-hydrogen) atoms. The number of alkyl halides is 3. The maximum Gasteiger partial charge on any atom is 0.389 e. The molecule has 0 spiro atoms. The number of fused-ring (bicyclic) bond motifs is 3.